The number of carbonyl (C=O) groups excluding carboxylic acids is 3. The Bertz CT molecular complexity index is 385. The van der Waals surface area contributed by atoms with Crippen LogP contribution in [0, 0.1) is 0 Å². The normalized spacial score (nSPS) is 18.3. The third-order valence-corrected chi connectivity index (χ3v) is 2.64. The first-order chi connectivity index (χ1) is 8.40. The van der Waals surface area contributed by atoms with Gasteiger partial charge in [0, 0.05) is 26.1 Å². The van der Waals surface area contributed by atoms with Crippen LogP contribution in [-0.2, 0) is 14.4 Å². The highest BCUT2D eigenvalue weighted by Crippen LogP contribution is 2.09. The van der Waals surface area contributed by atoms with Gasteiger partial charge >= 0.3 is 11.8 Å². The molecule has 0 aliphatic carbocycles. The molecule has 100 valence electrons. The minimum atomic E-state index is -0.730. The van der Waals surface area contributed by atoms with Crippen molar-refractivity contribution in [2.24, 2.45) is 5.73 Å². The summed E-state index contributed by atoms with van der Waals surface area (Å²) in [5.74, 6) is -1.50. The van der Waals surface area contributed by atoms with Crippen LogP contribution in [0.4, 0.5) is 0 Å². The van der Waals surface area contributed by atoms with Gasteiger partial charge in [-0.2, -0.15) is 0 Å². The van der Waals surface area contributed by atoms with Gasteiger partial charge in [-0.25, -0.2) is 0 Å². The first-order valence-electron chi connectivity index (χ1n) is 5.52. The van der Waals surface area contributed by atoms with Crippen LogP contribution in [0.5, 0.6) is 0 Å². The second kappa shape index (κ2) is 6.29. The van der Waals surface area contributed by atoms with Crippen molar-refractivity contribution in [1.29, 1.82) is 0 Å². The summed E-state index contributed by atoms with van der Waals surface area (Å²) < 4.78 is 0. The summed E-state index contributed by atoms with van der Waals surface area (Å²) in [7, 11) is 0. The predicted octanol–water partition coefficient (Wildman–Crippen LogP) is -1.87. The Morgan fingerprint density at radius 2 is 2.11 bits per heavy atom. The smallest absolute Gasteiger partial charge is 0.311 e. The fourth-order valence-electron chi connectivity index (χ4n) is 1.74. The van der Waals surface area contributed by atoms with Gasteiger partial charge < -0.3 is 21.3 Å². The van der Waals surface area contributed by atoms with Crippen LogP contribution >= 0.6 is 12.2 Å². The van der Waals surface area contributed by atoms with E-state index in [4.69, 9.17) is 5.73 Å². The summed E-state index contributed by atoms with van der Waals surface area (Å²) in [4.78, 5) is 35.5. The number of amides is 3. The molecule has 1 heterocycles. The first kappa shape index (κ1) is 14.4. The molecular weight excluding hydrogens is 256 g/mol. The van der Waals surface area contributed by atoms with Crippen molar-refractivity contribution in [3.63, 3.8) is 0 Å². The van der Waals surface area contributed by atoms with Crippen molar-refractivity contribution in [2.75, 3.05) is 19.6 Å². The van der Waals surface area contributed by atoms with Crippen LogP contribution in [0.3, 0.4) is 0 Å². The molecule has 0 aromatic carbocycles. The molecule has 7 nitrogen and oxygen atoms in total. The summed E-state index contributed by atoms with van der Waals surface area (Å²) in [6.45, 7) is 2.21. The zero-order valence-corrected chi connectivity index (χ0v) is 10.9. The molecule has 1 atom stereocenters. The third-order valence-electron chi connectivity index (χ3n) is 2.50. The Hall–Kier alpha value is -1.70. The number of nitrogens with zero attached hydrogens (tertiary/aromatic N) is 1. The maximum absolute atomic E-state index is 11.7. The number of nitrogens with one attached hydrogen (secondary N) is 2. The minimum absolute atomic E-state index is 0.00285. The van der Waals surface area contributed by atoms with Crippen LogP contribution in [0.2, 0.25) is 0 Å². The van der Waals surface area contributed by atoms with Crippen LogP contribution in [0.1, 0.15) is 13.3 Å². The van der Waals surface area contributed by atoms with Crippen molar-refractivity contribution in [2.45, 2.75) is 19.4 Å². The molecule has 4 N–H and O–H groups in total. The molecule has 1 aliphatic rings. The Balaban J connectivity index is 2.41. The average Bonchev–Trinajstić information content (AvgIpc) is 2.72. The lowest BCUT2D eigenvalue weighted by atomic mass is 10.2. The molecular formula is C10H16N4O3S. The number of thiocarbonyl (C=S) groups is 1. The Morgan fingerprint density at radius 1 is 1.44 bits per heavy atom. The Labute approximate surface area is 110 Å². The summed E-state index contributed by atoms with van der Waals surface area (Å²) in [5.41, 5.74) is 5.22. The molecule has 18 heavy (non-hydrogen) atoms. The van der Waals surface area contributed by atoms with E-state index in [1.165, 1.54) is 11.8 Å². The van der Waals surface area contributed by atoms with Crippen molar-refractivity contribution in [3.05, 3.63) is 0 Å². The molecule has 0 spiro atoms. The SMILES string of the molecule is CC(=O)NC1CCN(C(=O)C(=O)NCC(N)=S)C1. The van der Waals surface area contributed by atoms with Gasteiger partial charge in [-0.3, -0.25) is 14.4 Å². The van der Waals surface area contributed by atoms with E-state index in [9.17, 15) is 14.4 Å². The van der Waals surface area contributed by atoms with Gasteiger partial charge in [-0.15, -0.1) is 0 Å². The molecule has 0 aromatic heterocycles. The lowest BCUT2D eigenvalue weighted by molar-refractivity contribution is -0.145. The topological polar surface area (TPSA) is 105 Å². The number of hydrogen-bond acceptors (Lipinski definition) is 4. The third kappa shape index (κ3) is 4.28. The van der Waals surface area contributed by atoms with Crippen LogP contribution < -0.4 is 16.4 Å². The van der Waals surface area contributed by atoms with Gasteiger partial charge in [-0.05, 0) is 6.42 Å². The number of rotatable bonds is 3. The maximum atomic E-state index is 11.7. The molecule has 0 aromatic rings. The van der Waals surface area contributed by atoms with Gasteiger partial charge in [0.25, 0.3) is 0 Å². The standard InChI is InChI=1S/C10H16N4O3S/c1-6(15)13-7-2-3-14(5-7)10(17)9(16)12-4-8(11)18/h7H,2-5H2,1H3,(H2,11,18)(H,12,16)(H,13,15). The molecule has 1 unspecified atom stereocenters. The van der Waals surface area contributed by atoms with Gasteiger partial charge in [0.15, 0.2) is 0 Å². The predicted molar refractivity (Wildman–Crippen MR) is 68.6 cm³/mol. The molecule has 0 radical (unpaired) electrons. The van der Waals surface area contributed by atoms with E-state index in [1.54, 1.807) is 0 Å². The molecule has 0 bridgehead atoms. The highest BCUT2D eigenvalue weighted by atomic mass is 32.1. The van der Waals surface area contributed by atoms with E-state index in [-0.39, 0.29) is 23.5 Å². The lowest BCUT2D eigenvalue weighted by Gasteiger charge is -2.16. The van der Waals surface area contributed by atoms with E-state index < -0.39 is 11.8 Å². The number of nitrogens with two attached hydrogens (primary N) is 1. The monoisotopic (exact) mass is 272 g/mol. The second-order valence-corrected chi connectivity index (χ2v) is 4.61. The highest BCUT2D eigenvalue weighted by Gasteiger charge is 2.30. The molecule has 1 fully saturated rings. The second-order valence-electron chi connectivity index (χ2n) is 4.09. The number of likely N-dealkylation sites (tertiary alicyclic amines) is 1. The van der Waals surface area contributed by atoms with Crippen molar-refractivity contribution in [1.82, 2.24) is 15.5 Å². The van der Waals surface area contributed by atoms with Gasteiger partial charge in [-0.1, -0.05) is 12.2 Å². The quantitative estimate of drug-likeness (QED) is 0.412. The van der Waals surface area contributed by atoms with E-state index in [1.807, 2.05) is 0 Å². The molecule has 8 heteroatoms. The zero-order chi connectivity index (χ0) is 13.7. The molecule has 1 saturated heterocycles. The van der Waals surface area contributed by atoms with Crippen molar-refractivity contribution < 1.29 is 14.4 Å². The minimum Gasteiger partial charge on any atom is -0.392 e. The molecule has 0 saturated carbocycles. The zero-order valence-electron chi connectivity index (χ0n) is 10.1. The Kier molecular flexibility index (Phi) is 5.02. The van der Waals surface area contributed by atoms with Crippen molar-refractivity contribution in [3.8, 4) is 0 Å². The van der Waals surface area contributed by atoms with Gasteiger partial charge in [0.2, 0.25) is 5.91 Å². The Morgan fingerprint density at radius 3 is 2.67 bits per heavy atom. The molecule has 3 amide bonds. The fraction of sp³-hybridized carbons (Fsp3) is 0.600. The van der Waals surface area contributed by atoms with Gasteiger partial charge in [0.1, 0.15) is 0 Å². The van der Waals surface area contributed by atoms with Gasteiger partial charge in [0.05, 0.1) is 11.5 Å². The fourth-order valence-corrected chi connectivity index (χ4v) is 1.81. The summed E-state index contributed by atoms with van der Waals surface area (Å²) in [6.07, 6.45) is 0.647. The van der Waals surface area contributed by atoms with E-state index in [0.29, 0.717) is 19.5 Å². The summed E-state index contributed by atoms with van der Waals surface area (Å²) in [6, 6.07) is -0.0881. The lowest BCUT2D eigenvalue weighted by Crippen LogP contribution is -2.45. The maximum Gasteiger partial charge on any atom is 0.311 e. The van der Waals surface area contributed by atoms with Crippen molar-refractivity contribution >= 4 is 34.9 Å². The first-order valence-corrected chi connectivity index (χ1v) is 5.93. The molecule has 1 aliphatic heterocycles. The number of carbonyl (C=O) groups is 3. The highest BCUT2D eigenvalue weighted by molar-refractivity contribution is 7.80. The summed E-state index contributed by atoms with van der Waals surface area (Å²) >= 11 is 4.59. The van der Waals surface area contributed by atoms with E-state index >= 15 is 0 Å². The van der Waals surface area contributed by atoms with E-state index in [2.05, 4.69) is 22.9 Å². The molecule has 1 rings (SSSR count). The largest absolute Gasteiger partial charge is 0.392 e. The van der Waals surface area contributed by atoms with Crippen LogP contribution in [0.25, 0.3) is 0 Å². The number of hydrogen-bond donors (Lipinski definition) is 3. The summed E-state index contributed by atoms with van der Waals surface area (Å²) in [5, 5.41) is 5.04. The van der Waals surface area contributed by atoms with Crippen LogP contribution in [0.15, 0.2) is 0 Å². The van der Waals surface area contributed by atoms with E-state index in [0.717, 1.165) is 0 Å². The van der Waals surface area contributed by atoms with Crippen LogP contribution in [-0.4, -0.2) is 53.3 Å². The average molecular weight is 272 g/mol.